The minimum Gasteiger partial charge on any atom is -0.308 e. The van der Waals surface area contributed by atoms with Crippen LogP contribution >= 0.6 is 0 Å². The molecule has 0 amide bonds. The zero-order valence-corrected chi connectivity index (χ0v) is 42.8. The molecule has 0 radical (unpaired) electrons. The Bertz CT molecular complexity index is 3940. The summed E-state index contributed by atoms with van der Waals surface area (Å²) in [6.45, 7) is 12.0. The van der Waals surface area contributed by atoms with Gasteiger partial charge in [0.25, 0.3) is 0 Å². The van der Waals surface area contributed by atoms with Crippen LogP contribution in [0.5, 0.6) is 0 Å². The van der Waals surface area contributed by atoms with Crippen molar-refractivity contribution in [2.75, 3.05) is 0 Å². The fourth-order valence-corrected chi connectivity index (χ4v) is 19.7. The molecule has 10 aliphatic rings. The molecule has 4 aromatic heterocycles. The smallest absolute Gasteiger partial charge is 0.166 e. The first-order valence-electron chi connectivity index (χ1n) is 28.8. The lowest BCUT2D eigenvalue weighted by Gasteiger charge is -2.57. The monoisotopic (exact) mass is 929 g/mol. The van der Waals surface area contributed by atoms with Gasteiger partial charge in [0, 0.05) is 54.6 Å². The maximum absolute atomic E-state index is 14.5. The summed E-state index contributed by atoms with van der Waals surface area (Å²) in [6.07, 6.45) is 21.5. The molecule has 71 heavy (non-hydrogen) atoms. The number of fused-ring (bicyclic) bond motifs is 16. The third kappa shape index (κ3) is 5.02. The molecular weight excluding hydrogens is 861 g/mol. The summed E-state index contributed by atoms with van der Waals surface area (Å²) < 4.78 is 5.44. The van der Waals surface area contributed by atoms with Crippen molar-refractivity contribution in [1.29, 1.82) is 0 Å². The van der Waals surface area contributed by atoms with Crippen LogP contribution in [0.25, 0.3) is 87.3 Å². The number of hydrogen-bond donors (Lipinski definition) is 0. The Morgan fingerprint density at radius 3 is 1.63 bits per heavy atom. The first-order chi connectivity index (χ1) is 34.7. The van der Waals surface area contributed by atoms with Gasteiger partial charge in [0.05, 0.1) is 33.1 Å². The fraction of sp³-hybridized carbons (Fsp3) is 0.456. The first-order valence-corrected chi connectivity index (χ1v) is 28.8. The van der Waals surface area contributed by atoms with E-state index in [9.17, 15) is 4.79 Å². The van der Waals surface area contributed by atoms with E-state index in [1.807, 2.05) is 0 Å². The van der Waals surface area contributed by atoms with Crippen LogP contribution in [0.4, 0.5) is 0 Å². The second-order valence-corrected chi connectivity index (χ2v) is 25.8. The van der Waals surface area contributed by atoms with Crippen LogP contribution in [0, 0.1) is 37.5 Å². The van der Waals surface area contributed by atoms with Crippen LogP contribution in [-0.4, -0.2) is 14.6 Å². The molecule has 0 spiro atoms. The van der Waals surface area contributed by atoms with Crippen molar-refractivity contribution in [2.45, 2.75) is 172 Å². The fourth-order valence-electron chi connectivity index (χ4n) is 19.7. The summed E-state index contributed by atoms with van der Waals surface area (Å²) in [5.74, 6) is 4.97. The van der Waals surface area contributed by atoms with Crippen molar-refractivity contribution in [3.8, 4) is 11.1 Å². The molecule has 0 saturated heterocycles. The number of Topliss-reactive ketones (excluding diaryl/α,β-unsaturated/α-hetero) is 1. The summed E-state index contributed by atoms with van der Waals surface area (Å²) in [4.78, 5) is 14.5. The number of carbonyl (C=O) groups excluding carboxylic acids is 1. The normalized spacial score (nSPS) is 28.0. The Balaban J connectivity index is 1.04. The van der Waals surface area contributed by atoms with Gasteiger partial charge in [0.2, 0.25) is 0 Å². The first kappa shape index (κ1) is 41.1. The number of rotatable bonds is 6. The minimum atomic E-state index is 0.117. The summed E-state index contributed by atoms with van der Waals surface area (Å²) in [6, 6.07) is 30.7. The second-order valence-electron chi connectivity index (χ2n) is 25.8. The van der Waals surface area contributed by atoms with Crippen LogP contribution in [0.3, 0.4) is 0 Å². The Labute approximate surface area is 418 Å². The number of benzene rings is 6. The Morgan fingerprint density at radius 2 is 1.01 bits per heavy atom. The van der Waals surface area contributed by atoms with Gasteiger partial charge in [-0.1, -0.05) is 39.0 Å². The number of ketones is 1. The van der Waals surface area contributed by atoms with E-state index < -0.39 is 0 Å². The quantitative estimate of drug-likeness (QED) is 0.163. The number of hydrogen-bond acceptors (Lipinski definition) is 1. The molecule has 6 saturated carbocycles. The molecule has 0 atom stereocenters. The van der Waals surface area contributed by atoms with Crippen LogP contribution in [0.15, 0.2) is 72.8 Å². The summed E-state index contributed by atoms with van der Waals surface area (Å²) in [7, 11) is 0. The largest absolute Gasteiger partial charge is 0.308 e. The number of carbonyl (C=O) groups is 1. The lowest BCUT2D eigenvalue weighted by Crippen LogP contribution is -2.48. The predicted octanol–water partition coefficient (Wildman–Crippen LogP) is 18.4. The van der Waals surface area contributed by atoms with E-state index in [1.165, 1.54) is 168 Å². The highest BCUT2D eigenvalue weighted by Gasteiger charge is 2.52. The van der Waals surface area contributed by atoms with Crippen LogP contribution in [-0.2, 0) is 10.8 Å². The highest BCUT2D eigenvalue weighted by Crippen LogP contribution is 2.63. The van der Waals surface area contributed by atoms with Crippen molar-refractivity contribution >= 4 is 82.0 Å². The molecule has 0 aliphatic heterocycles. The molecule has 6 fully saturated rings. The van der Waals surface area contributed by atoms with Crippen molar-refractivity contribution in [1.82, 2.24) is 8.80 Å². The van der Waals surface area contributed by atoms with E-state index in [-0.39, 0.29) is 16.7 Å². The average molecular weight is 929 g/mol. The van der Waals surface area contributed by atoms with Gasteiger partial charge < -0.3 is 8.80 Å². The molecule has 356 valence electrons. The lowest BCUT2D eigenvalue weighted by atomic mass is 9.48. The van der Waals surface area contributed by atoms with Crippen LogP contribution < -0.4 is 0 Å². The Kier molecular flexibility index (Phi) is 7.99. The molecule has 6 aromatic carbocycles. The van der Waals surface area contributed by atoms with Crippen LogP contribution in [0.1, 0.15) is 197 Å². The average Bonchev–Trinajstić information content (AvgIpc) is 4.06. The highest BCUT2D eigenvalue weighted by atomic mass is 16.1. The molecule has 0 N–H and O–H groups in total. The standard InChI is InChI=1S/C68H68N2O/c1-6-67(7-2,8-3)44-23-52-49-28-56-48(29-57(49)70-59-31-54(60-35(4)10-9-11-36(60)5)61-41-14-16-42(17-15-41)62(61)63(59)55(26-44)65(52)70)51-25-45(68-32-37-20-38(33-68)22-39(21-37)34-68)24-50-47-27-46-40-12-18-43(19-13-40)66(71)53(46)30-58(47)69(56)64(50)51/h9-11,23-31,37-43H,6-8,12-22,32-34H2,1-5H3. The van der Waals surface area contributed by atoms with Gasteiger partial charge in [-0.05, 0) is 274 Å². The van der Waals surface area contributed by atoms with E-state index in [1.54, 1.807) is 22.1 Å². The summed E-state index contributed by atoms with van der Waals surface area (Å²) >= 11 is 0. The zero-order chi connectivity index (χ0) is 47.1. The van der Waals surface area contributed by atoms with Crippen molar-refractivity contribution in [3.63, 3.8) is 0 Å². The SMILES string of the molecule is CCC(CC)(CC)c1cc2c3cc4c(cc3n3c5cc(-c6c(C)cccc6C)c6c(c5c(c1)c23)C1CCC6CC1)c1cc(C23CC5CC(CC(C5)C2)C3)cc2c3cc5c(cc3n4c21)C(=O)C1CCC5CC1. The highest BCUT2D eigenvalue weighted by molar-refractivity contribution is 6.30. The second kappa shape index (κ2) is 13.8. The van der Waals surface area contributed by atoms with E-state index in [0.29, 0.717) is 23.5 Å². The summed E-state index contributed by atoms with van der Waals surface area (Å²) in [5, 5.41) is 11.5. The predicted molar refractivity (Wildman–Crippen MR) is 296 cm³/mol. The number of aromatic nitrogens is 2. The number of aryl methyl sites for hydroxylation is 2. The third-order valence-electron chi connectivity index (χ3n) is 22.8. The van der Waals surface area contributed by atoms with Gasteiger partial charge in [0.15, 0.2) is 5.78 Å². The minimum absolute atomic E-state index is 0.117. The van der Waals surface area contributed by atoms with E-state index in [4.69, 9.17) is 0 Å². The maximum atomic E-state index is 14.5. The molecular formula is C68H68N2O. The molecule has 3 nitrogen and oxygen atoms in total. The topological polar surface area (TPSA) is 25.9 Å². The lowest BCUT2D eigenvalue weighted by molar-refractivity contribution is -0.00508. The van der Waals surface area contributed by atoms with E-state index >= 15 is 0 Å². The zero-order valence-electron chi connectivity index (χ0n) is 42.8. The van der Waals surface area contributed by atoms with Gasteiger partial charge in [-0.3, -0.25) is 4.79 Å². The van der Waals surface area contributed by atoms with E-state index in [2.05, 4.69) is 116 Å². The summed E-state index contributed by atoms with van der Waals surface area (Å²) in [5.41, 5.74) is 23.2. The molecule has 3 heteroatoms. The molecule has 0 unspecified atom stereocenters. The molecule has 8 bridgehead atoms. The maximum Gasteiger partial charge on any atom is 0.166 e. The Morgan fingerprint density at radius 1 is 0.521 bits per heavy atom. The van der Waals surface area contributed by atoms with Crippen molar-refractivity contribution < 1.29 is 4.79 Å². The third-order valence-corrected chi connectivity index (χ3v) is 22.8. The molecule has 10 aliphatic carbocycles. The van der Waals surface area contributed by atoms with Gasteiger partial charge >= 0.3 is 0 Å². The van der Waals surface area contributed by atoms with Crippen molar-refractivity contribution in [2.24, 2.45) is 23.7 Å². The van der Waals surface area contributed by atoms with Crippen molar-refractivity contribution in [3.05, 3.63) is 117 Å². The van der Waals surface area contributed by atoms with Gasteiger partial charge in [-0.15, -0.1) is 0 Å². The number of nitrogens with zero attached hydrogens (tertiary/aromatic N) is 2. The molecule has 10 aromatic rings. The molecule has 4 heterocycles. The van der Waals surface area contributed by atoms with Gasteiger partial charge in [0.1, 0.15) is 0 Å². The van der Waals surface area contributed by atoms with Gasteiger partial charge in [-0.25, -0.2) is 0 Å². The van der Waals surface area contributed by atoms with Gasteiger partial charge in [-0.2, -0.15) is 0 Å². The van der Waals surface area contributed by atoms with E-state index in [0.717, 1.165) is 68.3 Å². The molecule has 20 rings (SSSR count). The Hall–Kier alpha value is -5.41. The van der Waals surface area contributed by atoms with Crippen LogP contribution in [0.2, 0.25) is 0 Å².